The Bertz CT molecular complexity index is 1990. The van der Waals surface area contributed by atoms with Gasteiger partial charge in [-0.05, 0) is 90.7 Å². The number of fused-ring (bicyclic) bond motifs is 2. The predicted molar refractivity (Wildman–Crippen MR) is 171 cm³/mol. The molecule has 3 N–H and O–H groups in total. The largest absolute Gasteiger partial charge is 0.497 e. The fourth-order valence-corrected chi connectivity index (χ4v) is 6.34. The molecule has 214 valence electrons. The minimum absolute atomic E-state index is 0.249. The maximum Gasteiger partial charge on any atom is 0.335 e. The van der Waals surface area contributed by atoms with Crippen LogP contribution in [0.1, 0.15) is 48.5 Å². The zero-order valence-corrected chi connectivity index (χ0v) is 24.0. The number of carboxylic acids is 1. The molecule has 0 atom stereocenters. The molecule has 43 heavy (non-hydrogen) atoms. The number of nitrogens with two attached hydrogens (primary N) is 1. The number of carboxylic acid groups (broad SMARTS) is 1. The zero-order valence-electron chi connectivity index (χ0n) is 24.0. The van der Waals surface area contributed by atoms with E-state index in [1.807, 2.05) is 54.6 Å². The van der Waals surface area contributed by atoms with Crippen molar-refractivity contribution < 1.29 is 14.6 Å². The molecule has 0 radical (unpaired) electrons. The minimum atomic E-state index is -0.946. The van der Waals surface area contributed by atoms with Crippen LogP contribution in [0, 0.1) is 0 Å². The van der Waals surface area contributed by atoms with Gasteiger partial charge in [0.15, 0.2) is 0 Å². The molecule has 4 aromatic carbocycles. The van der Waals surface area contributed by atoms with Crippen molar-refractivity contribution in [3.05, 3.63) is 96.6 Å². The van der Waals surface area contributed by atoms with E-state index in [9.17, 15) is 9.90 Å². The van der Waals surface area contributed by atoms with Gasteiger partial charge in [0, 0.05) is 28.2 Å². The van der Waals surface area contributed by atoms with Crippen molar-refractivity contribution in [3.8, 4) is 39.5 Å². The topological polar surface area (TPSA) is 103 Å². The monoisotopic (exact) mass is 568 g/mol. The van der Waals surface area contributed by atoms with Gasteiger partial charge in [0.1, 0.15) is 11.6 Å². The molecular weight excluding hydrogens is 536 g/mol. The van der Waals surface area contributed by atoms with E-state index in [1.165, 1.54) is 19.3 Å². The van der Waals surface area contributed by atoms with Crippen molar-refractivity contribution in [3.63, 3.8) is 0 Å². The third-order valence-corrected chi connectivity index (χ3v) is 8.55. The molecule has 7 nitrogen and oxygen atoms in total. The molecular formula is C36H32N4O3. The van der Waals surface area contributed by atoms with E-state index in [4.69, 9.17) is 20.4 Å². The molecule has 1 aliphatic carbocycles. The molecule has 7 heteroatoms. The molecule has 0 amide bonds. The van der Waals surface area contributed by atoms with Gasteiger partial charge < -0.3 is 20.1 Å². The third kappa shape index (κ3) is 4.97. The maximum atomic E-state index is 11.7. The average molecular weight is 569 g/mol. The molecule has 1 fully saturated rings. The number of methoxy groups -OCH3 is 1. The first kappa shape index (κ1) is 26.7. The van der Waals surface area contributed by atoms with E-state index in [0.29, 0.717) is 11.6 Å². The first-order valence-electron chi connectivity index (χ1n) is 14.7. The summed E-state index contributed by atoms with van der Waals surface area (Å²) in [7, 11) is 1.67. The molecule has 0 saturated heterocycles. The minimum Gasteiger partial charge on any atom is -0.497 e. The second kappa shape index (κ2) is 10.9. The summed E-state index contributed by atoms with van der Waals surface area (Å²) in [6.07, 6.45) is 5.80. The number of pyridine rings is 1. The number of nitrogen functional groups attached to an aromatic ring is 1. The van der Waals surface area contributed by atoms with Crippen LogP contribution in [0.4, 0.5) is 5.69 Å². The summed E-state index contributed by atoms with van der Waals surface area (Å²) in [6.45, 7) is 0. The lowest BCUT2D eigenvalue weighted by Crippen LogP contribution is -2.14. The predicted octanol–water partition coefficient (Wildman–Crippen LogP) is 8.38. The summed E-state index contributed by atoms with van der Waals surface area (Å²) in [5.41, 5.74) is 14.4. The van der Waals surface area contributed by atoms with Crippen LogP contribution in [0.2, 0.25) is 0 Å². The van der Waals surface area contributed by atoms with Crippen molar-refractivity contribution in [2.75, 3.05) is 12.8 Å². The smallest absolute Gasteiger partial charge is 0.335 e. The Labute approximate surface area is 249 Å². The van der Waals surface area contributed by atoms with Crippen LogP contribution >= 0.6 is 0 Å². The van der Waals surface area contributed by atoms with Crippen molar-refractivity contribution in [2.24, 2.45) is 0 Å². The molecule has 2 heterocycles. The summed E-state index contributed by atoms with van der Waals surface area (Å²) in [5, 5.41) is 10.6. The first-order chi connectivity index (χ1) is 21.0. The van der Waals surface area contributed by atoms with Gasteiger partial charge in [0.2, 0.25) is 0 Å². The average Bonchev–Trinajstić information content (AvgIpc) is 3.44. The Morgan fingerprint density at radius 2 is 1.60 bits per heavy atom. The molecule has 6 aromatic rings. The van der Waals surface area contributed by atoms with Crippen molar-refractivity contribution in [1.82, 2.24) is 14.5 Å². The van der Waals surface area contributed by atoms with Gasteiger partial charge in [-0.3, -0.25) is 0 Å². The standard InChI is InChI=1S/C36H32N4O3/c1-43-28-14-15-29(22-7-12-26(37)13-8-22)30(21-28)32-17-9-23-19-24(10-16-31(23)38-32)35-39-33-20-25(36(41)42)11-18-34(33)40(35)27-5-3-2-4-6-27/h7-21,27H,2-6,37H2,1H3,(H,41,42). The number of carbonyl (C=O) groups is 1. The lowest BCUT2D eigenvalue weighted by Gasteiger charge is -2.25. The summed E-state index contributed by atoms with van der Waals surface area (Å²) < 4.78 is 7.89. The van der Waals surface area contributed by atoms with E-state index >= 15 is 0 Å². The molecule has 7 rings (SSSR count). The Balaban J connectivity index is 1.33. The van der Waals surface area contributed by atoms with E-state index < -0.39 is 5.97 Å². The highest BCUT2D eigenvalue weighted by molar-refractivity contribution is 5.94. The van der Waals surface area contributed by atoms with Gasteiger partial charge in [0.25, 0.3) is 0 Å². The number of aromatic carboxylic acids is 1. The van der Waals surface area contributed by atoms with Crippen LogP contribution in [-0.2, 0) is 0 Å². The van der Waals surface area contributed by atoms with E-state index in [1.54, 1.807) is 19.2 Å². The number of rotatable bonds is 6. The number of ether oxygens (including phenoxy) is 1. The highest BCUT2D eigenvalue weighted by Crippen LogP contribution is 2.38. The van der Waals surface area contributed by atoms with Crippen molar-refractivity contribution in [2.45, 2.75) is 38.1 Å². The fourth-order valence-electron chi connectivity index (χ4n) is 6.34. The molecule has 0 aliphatic heterocycles. The van der Waals surface area contributed by atoms with Gasteiger partial charge in [-0.15, -0.1) is 0 Å². The van der Waals surface area contributed by atoms with E-state index in [0.717, 1.165) is 74.5 Å². The van der Waals surface area contributed by atoms with Gasteiger partial charge >= 0.3 is 5.97 Å². The van der Waals surface area contributed by atoms with Crippen LogP contribution in [0.25, 0.3) is 55.7 Å². The lowest BCUT2D eigenvalue weighted by molar-refractivity contribution is 0.0697. The van der Waals surface area contributed by atoms with Gasteiger partial charge in [-0.25, -0.2) is 14.8 Å². The number of hydrogen-bond donors (Lipinski definition) is 2. The van der Waals surface area contributed by atoms with Crippen LogP contribution in [-0.4, -0.2) is 32.7 Å². The summed E-state index contributed by atoms with van der Waals surface area (Å²) in [6, 6.07) is 29.9. The normalized spacial score (nSPS) is 13.9. The van der Waals surface area contributed by atoms with Crippen LogP contribution in [0.5, 0.6) is 5.75 Å². The SMILES string of the molecule is COc1ccc(-c2ccc(N)cc2)c(-c2ccc3cc(-c4nc5cc(C(=O)O)ccc5n4C4CCCCC4)ccc3n2)c1. The van der Waals surface area contributed by atoms with Crippen LogP contribution in [0.15, 0.2) is 91.0 Å². The summed E-state index contributed by atoms with van der Waals surface area (Å²) in [4.78, 5) is 21.8. The van der Waals surface area contributed by atoms with Gasteiger partial charge in [-0.2, -0.15) is 0 Å². The second-order valence-electron chi connectivity index (χ2n) is 11.2. The first-order valence-corrected chi connectivity index (χ1v) is 14.7. The number of imidazole rings is 1. The highest BCUT2D eigenvalue weighted by Gasteiger charge is 2.23. The second-order valence-corrected chi connectivity index (χ2v) is 11.2. The highest BCUT2D eigenvalue weighted by atomic mass is 16.5. The number of benzene rings is 4. The molecule has 0 bridgehead atoms. The molecule has 0 unspecified atom stereocenters. The Morgan fingerprint density at radius 3 is 2.37 bits per heavy atom. The van der Waals surface area contributed by atoms with Crippen LogP contribution in [0.3, 0.4) is 0 Å². The zero-order chi connectivity index (χ0) is 29.5. The summed E-state index contributed by atoms with van der Waals surface area (Å²) in [5.74, 6) is 0.687. The lowest BCUT2D eigenvalue weighted by atomic mass is 9.94. The Hall–Kier alpha value is -5.17. The van der Waals surface area contributed by atoms with Crippen molar-refractivity contribution in [1.29, 1.82) is 0 Å². The molecule has 1 saturated carbocycles. The number of nitrogens with zero attached hydrogens (tertiary/aromatic N) is 3. The Kier molecular flexibility index (Phi) is 6.78. The van der Waals surface area contributed by atoms with Crippen molar-refractivity contribution >= 4 is 33.6 Å². The number of aromatic nitrogens is 3. The maximum absolute atomic E-state index is 11.7. The quantitative estimate of drug-likeness (QED) is 0.196. The fraction of sp³-hybridized carbons (Fsp3) is 0.194. The molecule has 2 aromatic heterocycles. The summed E-state index contributed by atoms with van der Waals surface area (Å²) >= 11 is 0. The third-order valence-electron chi connectivity index (χ3n) is 8.55. The van der Waals surface area contributed by atoms with Crippen LogP contribution < -0.4 is 10.5 Å². The number of anilines is 1. The van der Waals surface area contributed by atoms with Gasteiger partial charge in [0.05, 0.1) is 34.9 Å². The number of hydrogen-bond acceptors (Lipinski definition) is 5. The molecule has 0 spiro atoms. The van der Waals surface area contributed by atoms with E-state index in [-0.39, 0.29) is 5.56 Å². The van der Waals surface area contributed by atoms with E-state index in [2.05, 4.69) is 28.8 Å². The molecule has 1 aliphatic rings. The van der Waals surface area contributed by atoms with Gasteiger partial charge in [-0.1, -0.05) is 43.5 Å². The Morgan fingerprint density at radius 1 is 0.814 bits per heavy atom.